The van der Waals surface area contributed by atoms with Gasteiger partial charge in [0.05, 0.1) is 5.69 Å². The van der Waals surface area contributed by atoms with Crippen molar-refractivity contribution in [1.82, 2.24) is 5.10 Å². The number of nitrogens with one attached hydrogen (secondary N) is 1. The van der Waals surface area contributed by atoms with Gasteiger partial charge in [0.2, 0.25) is 0 Å². The van der Waals surface area contributed by atoms with Crippen LogP contribution in [0.2, 0.25) is 0 Å². The maximum absolute atomic E-state index is 3.21. The van der Waals surface area contributed by atoms with E-state index in [9.17, 15) is 0 Å². The van der Waals surface area contributed by atoms with E-state index in [-0.39, 0.29) is 0 Å². The fourth-order valence-corrected chi connectivity index (χ4v) is 1.06. The number of nitrogens with zero attached hydrogens (tertiary/aromatic N) is 1. The Morgan fingerprint density at radius 2 is 2.33 bits per heavy atom. The van der Waals surface area contributed by atoms with Crippen LogP contribution in [0.15, 0.2) is 6.20 Å². The van der Waals surface area contributed by atoms with Gasteiger partial charge in [0.1, 0.15) is 0 Å². The number of aryl methyl sites for hydroxylation is 3. The van der Waals surface area contributed by atoms with E-state index in [0.717, 1.165) is 6.42 Å². The molecule has 0 spiro atoms. The molecular weight excluding hydrogens is 112 g/mol. The number of hydrogen-bond donors (Lipinski definition) is 1. The van der Waals surface area contributed by atoms with Crippen LogP contribution in [0.25, 0.3) is 0 Å². The normalized spacial score (nSPS) is 10.1. The predicted molar refractivity (Wildman–Crippen MR) is 36.1 cm³/mol. The van der Waals surface area contributed by atoms with Gasteiger partial charge in [-0.25, -0.2) is 0 Å². The summed E-state index contributed by atoms with van der Waals surface area (Å²) in [5, 5.41) is 3.21. The largest absolute Gasteiger partial charge is 0.198 e. The van der Waals surface area contributed by atoms with E-state index < -0.39 is 0 Å². The van der Waals surface area contributed by atoms with Crippen LogP contribution in [0, 0.1) is 6.92 Å². The van der Waals surface area contributed by atoms with Crippen LogP contribution in [-0.2, 0) is 13.5 Å². The van der Waals surface area contributed by atoms with E-state index in [1.807, 2.05) is 11.7 Å². The van der Waals surface area contributed by atoms with Gasteiger partial charge in [0.25, 0.3) is 0 Å². The van der Waals surface area contributed by atoms with Crippen molar-refractivity contribution in [2.75, 3.05) is 0 Å². The van der Waals surface area contributed by atoms with E-state index in [0.29, 0.717) is 0 Å². The number of aromatic amines is 1. The summed E-state index contributed by atoms with van der Waals surface area (Å²) in [4.78, 5) is 0. The van der Waals surface area contributed by atoms with Crippen LogP contribution in [-0.4, -0.2) is 5.10 Å². The molecule has 50 valence electrons. The molecule has 0 saturated carbocycles. The predicted octanol–water partition coefficient (Wildman–Crippen LogP) is 0.710. The van der Waals surface area contributed by atoms with Crippen molar-refractivity contribution in [3.8, 4) is 0 Å². The monoisotopic (exact) mass is 125 g/mol. The summed E-state index contributed by atoms with van der Waals surface area (Å²) in [6.07, 6.45) is 3.19. The highest BCUT2D eigenvalue weighted by atomic mass is 15.2. The molecule has 9 heavy (non-hydrogen) atoms. The van der Waals surface area contributed by atoms with Crippen molar-refractivity contribution in [3.63, 3.8) is 0 Å². The Morgan fingerprint density at radius 1 is 1.67 bits per heavy atom. The molecule has 0 aromatic carbocycles. The third-order valence-corrected chi connectivity index (χ3v) is 1.53. The summed E-state index contributed by atoms with van der Waals surface area (Å²) < 4.78 is 1.98. The Labute approximate surface area is 55.5 Å². The SMILES string of the molecule is CCc1[nH][n+](C)cc1C. The highest BCUT2D eigenvalue weighted by Gasteiger charge is 2.03. The van der Waals surface area contributed by atoms with Gasteiger partial charge in [-0.3, -0.25) is 0 Å². The number of aromatic nitrogens is 2. The molecule has 0 saturated heterocycles. The van der Waals surface area contributed by atoms with Crippen LogP contribution >= 0.6 is 0 Å². The van der Waals surface area contributed by atoms with Crippen LogP contribution in [0.5, 0.6) is 0 Å². The molecule has 2 nitrogen and oxygen atoms in total. The summed E-state index contributed by atoms with van der Waals surface area (Å²) in [6, 6.07) is 0. The second-order valence-corrected chi connectivity index (χ2v) is 2.37. The summed E-state index contributed by atoms with van der Waals surface area (Å²) in [5.74, 6) is 0. The lowest BCUT2D eigenvalue weighted by Gasteiger charge is -1.83. The Hall–Kier alpha value is -0.790. The number of H-pyrrole nitrogens is 1. The highest BCUT2D eigenvalue weighted by molar-refractivity contribution is 5.10. The lowest BCUT2D eigenvalue weighted by Crippen LogP contribution is -2.28. The molecule has 0 amide bonds. The molecule has 1 N–H and O–H groups in total. The molecular formula is C7H13N2+. The Bertz CT molecular complexity index is 201. The number of hydrogen-bond acceptors (Lipinski definition) is 0. The fraction of sp³-hybridized carbons (Fsp3) is 0.571. The standard InChI is InChI=1S/C7H12N2/c1-4-7-6(2)5-9(3)8-7/h5H,4H2,1-3H3/p+1. The Balaban J connectivity index is 3.01. The van der Waals surface area contributed by atoms with Crippen LogP contribution in [0.3, 0.4) is 0 Å². The molecule has 0 radical (unpaired) electrons. The lowest BCUT2D eigenvalue weighted by molar-refractivity contribution is -0.727. The zero-order chi connectivity index (χ0) is 6.85. The van der Waals surface area contributed by atoms with Crippen molar-refractivity contribution in [2.24, 2.45) is 7.05 Å². The van der Waals surface area contributed by atoms with E-state index >= 15 is 0 Å². The van der Waals surface area contributed by atoms with E-state index in [2.05, 4.69) is 25.1 Å². The van der Waals surface area contributed by atoms with Crippen molar-refractivity contribution in [2.45, 2.75) is 20.3 Å². The zero-order valence-electron chi connectivity index (χ0n) is 6.23. The average Bonchev–Trinajstić information content (AvgIpc) is 2.10. The first-order valence-electron chi connectivity index (χ1n) is 3.28. The zero-order valence-corrected chi connectivity index (χ0v) is 6.23. The minimum atomic E-state index is 1.09. The first kappa shape index (κ1) is 6.33. The fourth-order valence-electron chi connectivity index (χ4n) is 1.06. The summed E-state index contributed by atoms with van der Waals surface area (Å²) in [6.45, 7) is 4.27. The molecule has 0 atom stereocenters. The van der Waals surface area contributed by atoms with Gasteiger partial charge in [0.15, 0.2) is 13.2 Å². The maximum atomic E-state index is 3.21. The maximum Gasteiger partial charge on any atom is 0.198 e. The van der Waals surface area contributed by atoms with Gasteiger partial charge in [-0.1, -0.05) is 6.92 Å². The van der Waals surface area contributed by atoms with E-state index in [1.165, 1.54) is 11.3 Å². The molecule has 0 unspecified atom stereocenters. The molecule has 1 aromatic rings. The lowest BCUT2D eigenvalue weighted by atomic mass is 10.2. The smallest absolute Gasteiger partial charge is 0.170 e. The highest BCUT2D eigenvalue weighted by Crippen LogP contribution is 1.99. The minimum Gasteiger partial charge on any atom is -0.170 e. The molecule has 0 aliphatic carbocycles. The molecule has 2 heteroatoms. The van der Waals surface area contributed by atoms with Gasteiger partial charge in [-0.05, 0) is 13.3 Å². The molecule has 0 fully saturated rings. The second-order valence-electron chi connectivity index (χ2n) is 2.37. The third kappa shape index (κ3) is 1.12. The van der Waals surface area contributed by atoms with Crippen molar-refractivity contribution >= 4 is 0 Å². The summed E-state index contributed by atoms with van der Waals surface area (Å²) >= 11 is 0. The molecule has 1 rings (SSSR count). The quantitative estimate of drug-likeness (QED) is 0.533. The molecule has 0 aliphatic heterocycles. The van der Waals surface area contributed by atoms with Gasteiger partial charge in [-0.15, -0.1) is 4.68 Å². The van der Waals surface area contributed by atoms with Crippen LogP contribution in [0.4, 0.5) is 0 Å². The van der Waals surface area contributed by atoms with E-state index in [1.54, 1.807) is 0 Å². The minimum absolute atomic E-state index is 1.09. The average molecular weight is 125 g/mol. The molecule has 1 aromatic heterocycles. The first-order chi connectivity index (χ1) is 4.24. The Morgan fingerprint density at radius 3 is 2.56 bits per heavy atom. The van der Waals surface area contributed by atoms with Crippen LogP contribution in [0.1, 0.15) is 18.2 Å². The van der Waals surface area contributed by atoms with Crippen LogP contribution < -0.4 is 4.68 Å². The number of rotatable bonds is 1. The van der Waals surface area contributed by atoms with Crippen molar-refractivity contribution in [3.05, 3.63) is 17.5 Å². The van der Waals surface area contributed by atoms with Gasteiger partial charge in [-0.2, -0.15) is 5.10 Å². The second kappa shape index (κ2) is 2.21. The third-order valence-electron chi connectivity index (χ3n) is 1.53. The topological polar surface area (TPSA) is 19.7 Å². The van der Waals surface area contributed by atoms with Gasteiger partial charge >= 0.3 is 0 Å². The Kier molecular flexibility index (Phi) is 1.56. The molecule has 0 aliphatic rings. The van der Waals surface area contributed by atoms with E-state index in [4.69, 9.17) is 0 Å². The van der Waals surface area contributed by atoms with Crippen molar-refractivity contribution in [1.29, 1.82) is 0 Å². The molecule has 0 bridgehead atoms. The van der Waals surface area contributed by atoms with Gasteiger partial charge in [0, 0.05) is 5.56 Å². The summed E-state index contributed by atoms with van der Waals surface area (Å²) in [7, 11) is 2.01. The van der Waals surface area contributed by atoms with Gasteiger partial charge < -0.3 is 0 Å². The molecule has 1 heterocycles. The summed E-state index contributed by atoms with van der Waals surface area (Å²) in [5.41, 5.74) is 2.68. The van der Waals surface area contributed by atoms with Crippen molar-refractivity contribution < 1.29 is 4.68 Å². The first-order valence-corrected chi connectivity index (χ1v) is 3.28.